The first-order valence-corrected chi connectivity index (χ1v) is 11.7. The lowest BCUT2D eigenvalue weighted by Crippen LogP contribution is -2.27. The highest BCUT2D eigenvalue weighted by molar-refractivity contribution is 7.26. The maximum absolute atomic E-state index is 13.1. The molecule has 0 spiro atoms. The van der Waals surface area contributed by atoms with Crippen LogP contribution in [-0.4, -0.2) is 36.5 Å². The summed E-state index contributed by atoms with van der Waals surface area (Å²) in [5.41, 5.74) is 1.71. The van der Waals surface area contributed by atoms with Crippen molar-refractivity contribution in [1.29, 1.82) is 0 Å². The van der Waals surface area contributed by atoms with Crippen LogP contribution in [0.5, 0.6) is 11.5 Å². The van der Waals surface area contributed by atoms with Crippen molar-refractivity contribution in [3.63, 3.8) is 0 Å². The fourth-order valence-corrected chi connectivity index (χ4v) is 5.09. The Morgan fingerprint density at radius 2 is 1.97 bits per heavy atom. The van der Waals surface area contributed by atoms with Gasteiger partial charge in [0.2, 0.25) is 5.91 Å². The zero-order chi connectivity index (χ0) is 23.4. The van der Waals surface area contributed by atoms with E-state index >= 15 is 0 Å². The predicted molar refractivity (Wildman–Crippen MR) is 132 cm³/mol. The normalized spacial score (nSPS) is 11.1. The smallest absolute Gasteiger partial charge is 0.276 e. The van der Waals surface area contributed by atoms with Crippen molar-refractivity contribution in [3.8, 4) is 11.5 Å². The number of benzene rings is 2. The lowest BCUT2D eigenvalue weighted by atomic mass is 10.1. The molecule has 0 aliphatic heterocycles. The molecule has 7 nitrogen and oxygen atoms in total. The summed E-state index contributed by atoms with van der Waals surface area (Å²) in [4.78, 5) is 25.4. The second-order valence-electron chi connectivity index (χ2n) is 7.80. The average Bonchev–Trinajstić information content (AvgIpc) is 3.22. The third kappa shape index (κ3) is 4.85. The first-order valence-electron chi connectivity index (χ1n) is 10.9. The summed E-state index contributed by atoms with van der Waals surface area (Å²) in [7, 11) is 3.24. The second kappa shape index (κ2) is 10.0. The van der Waals surface area contributed by atoms with Crippen molar-refractivity contribution in [2.75, 3.05) is 20.8 Å². The van der Waals surface area contributed by atoms with Crippen LogP contribution >= 0.6 is 11.3 Å². The predicted octanol–water partition coefficient (Wildman–Crippen LogP) is 4.08. The topological polar surface area (TPSA) is 82.4 Å². The fourth-order valence-electron chi connectivity index (χ4n) is 3.96. The lowest BCUT2D eigenvalue weighted by Gasteiger charge is -2.11. The number of aromatic nitrogens is 2. The van der Waals surface area contributed by atoms with E-state index in [2.05, 4.69) is 10.4 Å². The summed E-state index contributed by atoms with van der Waals surface area (Å²) in [6.07, 6.45) is 1.49. The van der Waals surface area contributed by atoms with Gasteiger partial charge in [0.25, 0.3) is 5.56 Å². The first kappa shape index (κ1) is 22.8. The number of hydrogen-bond acceptors (Lipinski definition) is 6. The van der Waals surface area contributed by atoms with E-state index in [0.29, 0.717) is 32.4 Å². The summed E-state index contributed by atoms with van der Waals surface area (Å²) in [5, 5.41) is 9.12. The lowest BCUT2D eigenvalue weighted by molar-refractivity contribution is -0.121. The van der Waals surface area contributed by atoms with Gasteiger partial charge in [-0.2, -0.15) is 5.10 Å². The van der Waals surface area contributed by atoms with Gasteiger partial charge in [-0.15, -0.1) is 11.3 Å². The monoisotopic (exact) mass is 465 g/mol. The number of amides is 1. The van der Waals surface area contributed by atoms with Gasteiger partial charge in [-0.1, -0.05) is 18.2 Å². The van der Waals surface area contributed by atoms with Gasteiger partial charge < -0.3 is 14.8 Å². The van der Waals surface area contributed by atoms with E-state index in [1.54, 1.807) is 25.6 Å². The van der Waals surface area contributed by atoms with Crippen molar-refractivity contribution in [2.45, 2.75) is 32.7 Å². The molecule has 2 heterocycles. The Labute approximate surface area is 195 Å². The van der Waals surface area contributed by atoms with Gasteiger partial charge in [0, 0.05) is 29.6 Å². The van der Waals surface area contributed by atoms with Crippen LogP contribution in [0.2, 0.25) is 0 Å². The molecule has 0 radical (unpaired) electrons. The van der Waals surface area contributed by atoms with Gasteiger partial charge in [0.05, 0.1) is 30.0 Å². The third-order valence-corrected chi connectivity index (χ3v) is 6.90. The summed E-state index contributed by atoms with van der Waals surface area (Å²) >= 11 is 1.60. The van der Waals surface area contributed by atoms with E-state index < -0.39 is 0 Å². The van der Waals surface area contributed by atoms with Crippen LogP contribution in [0.25, 0.3) is 20.2 Å². The fraction of sp³-hybridized carbons (Fsp3) is 0.320. The zero-order valence-electron chi connectivity index (χ0n) is 19.0. The largest absolute Gasteiger partial charge is 0.497 e. The number of nitrogens with zero attached hydrogens (tertiary/aromatic N) is 2. The number of thiophene rings is 1. The van der Waals surface area contributed by atoms with Gasteiger partial charge in [-0.25, -0.2) is 4.68 Å². The van der Waals surface area contributed by atoms with Crippen LogP contribution in [-0.2, 0) is 17.8 Å². The Hall–Kier alpha value is -3.39. The molecule has 0 saturated heterocycles. The summed E-state index contributed by atoms with van der Waals surface area (Å²) in [6, 6.07) is 13.5. The molecule has 0 aliphatic carbocycles. The van der Waals surface area contributed by atoms with Gasteiger partial charge in [0.15, 0.2) is 0 Å². The van der Waals surface area contributed by atoms with Gasteiger partial charge >= 0.3 is 0 Å². The molecule has 172 valence electrons. The molecule has 33 heavy (non-hydrogen) atoms. The number of rotatable bonds is 9. The van der Waals surface area contributed by atoms with E-state index in [9.17, 15) is 9.59 Å². The molecule has 0 atom stereocenters. The number of methoxy groups -OCH3 is 2. The molecule has 1 amide bonds. The number of nitrogens with one attached hydrogen (secondary N) is 1. The maximum Gasteiger partial charge on any atom is 0.276 e. The van der Waals surface area contributed by atoms with Crippen LogP contribution in [0.1, 0.15) is 24.1 Å². The Balaban J connectivity index is 1.35. The molecule has 4 rings (SSSR count). The van der Waals surface area contributed by atoms with Crippen molar-refractivity contribution in [3.05, 3.63) is 64.1 Å². The minimum atomic E-state index is -0.0985. The molecule has 8 heteroatoms. The highest BCUT2D eigenvalue weighted by Gasteiger charge is 2.14. The van der Waals surface area contributed by atoms with E-state index in [0.717, 1.165) is 42.9 Å². The van der Waals surface area contributed by atoms with E-state index in [1.807, 2.05) is 49.4 Å². The highest BCUT2D eigenvalue weighted by Crippen LogP contribution is 2.32. The number of aryl methyl sites for hydroxylation is 2. The summed E-state index contributed by atoms with van der Waals surface area (Å²) in [5.74, 6) is 1.46. The number of carbonyl (C=O) groups is 1. The van der Waals surface area contributed by atoms with Crippen molar-refractivity contribution < 1.29 is 14.3 Å². The molecule has 0 unspecified atom stereocenters. The quantitative estimate of drug-likeness (QED) is 0.403. The van der Waals surface area contributed by atoms with Gasteiger partial charge in [-0.3, -0.25) is 9.59 Å². The van der Waals surface area contributed by atoms with Crippen LogP contribution in [0.4, 0.5) is 0 Å². The molecule has 0 aliphatic rings. The average molecular weight is 466 g/mol. The zero-order valence-corrected chi connectivity index (χ0v) is 19.8. The number of fused-ring (bicyclic) bond motifs is 3. The minimum absolute atomic E-state index is 0.0521. The Morgan fingerprint density at radius 3 is 2.76 bits per heavy atom. The molecule has 2 aromatic heterocycles. The van der Waals surface area contributed by atoms with E-state index in [1.165, 1.54) is 4.68 Å². The molecule has 4 aromatic rings. The van der Waals surface area contributed by atoms with E-state index in [-0.39, 0.29) is 11.5 Å². The van der Waals surface area contributed by atoms with Crippen molar-refractivity contribution in [2.24, 2.45) is 0 Å². The molecule has 1 N–H and O–H groups in total. The van der Waals surface area contributed by atoms with Gasteiger partial charge in [-0.05, 0) is 49.6 Å². The molecular weight excluding hydrogens is 438 g/mol. The van der Waals surface area contributed by atoms with Crippen LogP contribution < -0.4 is 20.3 Å². The second-order valence-corrected chi connectivity index (χ2v) is 8.85. The van der Waals surface area contributed by atoms with E-state index in [4.69, 9.17) is 9.47 Å². The van der Waals surface area contributed by atoms with Crippen LogP contribution in [0, 0.1) is 6.92 Å². The molecule has 0 saturated carbocycles. The SMILES string of the molecule is COc1ccc(OC)c(CCNC(=O)CCCn2nc(C)c3sc4ccccc4c3c2=O)c1. The summed E-state index contributed by atoms with van der Waals surface area (Å²) < 4.78 is 14.2. The first-order chi connectivity index (χ1) is 16.0. The molecular formula is C25H27N3O4S. The third-order valence-electron chi connectivity index (χ3n) is 5.62. The Kier molecular flexibility index (Phi) is 6.93. The Bertz CT molecular complexity index is 1360. The van der Waals surface area contributed by atoms with Crippen LogP contribution in [0.3, 0.4) is 0 Å². The number of carbonyl (C=O) groups excluding carboxylic acids is 1. The van der Waals surface area contributed by atoms with Crippen molar-refractivity contribution in [1.82, 2.24) is 15.1 Å². The van der Waals surface area contributed by atoms with Crippen LogP contribution in [0.15, 0.2) is 47.3 Å². The minimum Gasteiger partial charge on any atom is -0.497 e. The Morgan fingerprint density at radius 1 is 1.15 bits per heavy atom. The summed E-state index contributed by atoms with van der Waals surface area (Å²) in [6.45, 7) is 2.82. The number of ether oxygens (including phenoxy) is 2. The van der Waals surface area contributed by atoms with Crippen molar-refractivity contribution >= 4 is 37.4 Å². The number of hydrogen-bond donors (Lipinski definition) is 1. The molecule has 0 bridgehead atoms. The highest BCUT2D eigenvalue weighted by atomic mass is 32.1. The standard InChI is InChI=1S/C25H27N3O4S/c1-16-24-23(19-7-4-5-8-21(19)33-24)25(30)28(27-16)14-6-9-22(29)26-13-12-17-15-18(31-2)10-11-20(17)32-3/h4-5,7-8,10-11,15H,6,9,12-14H2,1-3H3,(H,26,29). The molecule has 2 aromatic carbocycles. The maximum atomic E-state index is 13.1. The molecule has 0 fully saturated rings. The van der Waals surface area contributed by atoms with Gasteiger partial charge in [0.1, 0.15) is 11.5 Å².